The number of alkyl halides is 2. The zero-order valence-corrected chi connectivity index (χ0v) is 11.7. The van der Waals surface area contributed by atoms with Gasteiger partial charge < -0.3 is 4.74 Å². The average molecular weight is 309 g/mol. The van der Waals surface area contributed by atoms with E-state index in [-0.39, 0.29) is 24.8 Å². The lowest BCUT2D eigenvalue weighted by molar-refractivity contribution is -0.136. The lowest BCUT2D eigenvalue weighted by Crippen LogP contribution is -2.41. The molecule has 1 fully saturated rings. The SMILES string of the molecule is Cc1cccc2c1nc(OC(F)F)n2C1CCC(=O)NC1=O. The molecule has 1 aromatic heterocycles. The molecular weight excluding hydrogens is 296 g/mol. The number of carbonyl (C=O) groups is 2. The Morgan fingerprint density at radius 1 is 1.41 bits per heavy atom. The molecule has 1 aromatic carbocycles. The van der Waals surface area contributed by atoms with Crippen LogP contribution in [0.5, 0.6) is 6.01 Å². The molecule has 1 aliphatic heterocycles. The van der Waals surface area contributed by atoms with Crippen LogP contribution in [0.1, 0.15) is 24.4 Å². The van der Waals surface area contributed by atoms with E-state index in [1.165, 1.54) is 4.57 Å². The molecule has 2 amide bonds. The van der Waals surface area contributed by atoms with Crippen molar-refractivity contribution in [2.24, 2.45) is 0 Å². The van der Waals surface area contributed by atoms with E-state index in [1.807, 2.05) is 0 Å². The molecule has 1 atom stereocenters. The lowest BCUT2D eigenvalue weighted by atomic mass is 10.1. The van der Waals surface area contributed by atoms with Crippen LogP contribution in [0.3, 0.4) is 0 Å². The fourth-order valence-electron chi connectivity index (χ4n) is 2.63. The summed E-state index contributed by atoms with van der Waals surface area (Å²) in [5.41, 5.74) is 1.79. The van der Waals surface area contributed by atoms with E-state index >= 15 is 0 Å². The van der Waals surface area contributed by atoms with Crippen molar-refractivity contribution >= 4 is 22.8 Å². The summed E-state index contributed by atoms with van der Waals surface area (Å²) in [5.74, 6) is -0.922. The van der Waals surface area contributed by atoms with Gasteiger partial charge >= 0.3 is 12.6 Å². The molecule has 116 valence electrons. The van der Waals surface area contributed by atoms with Gasteiger partial charge in [-0.25, -0.2) is 0 Å². The third kappa shape index (κ3) is 2.40. The van der Waals surface area contributed by atoms with Crippen molar-refractivity contribution in [1.82, 2.24) is 14.9 Å². The molecule has 2 heterocycles. The van der Waals surface area contributed by atoms with Crippen molar-refractivity contribution in [1.29, 1.82) is 0 Å². The van der Waals surface area contributed by atoms with Gasteiger partial charge in [-0.15, -0.1) is 0 Å². The fourth-order valence-corrected chi connectivity index (χ4v) is 2.63. The molecule has 1 N–H and O–H groups in total. The van der Waals surface area contributed by atoms with Crippen LogP contribution in [-0.4, -0.2) is 28.0 Å². The van der Waals surface area contributed by atoms with Crippen LogP contribution >= 0.6 is 0 Å². The van der Waals surface area contributed by atoms with E-state index in [9.17, 15) is 18.4 Å². The van der Waals surface area contributed by atoms with Gasteiger partial charge in [-0.2, -0.15) is 13.8 Å². The van der Waals surface area contributed by atoms with Gasteiger partial charge in [-0.1, -0.05) is 12.1 Å². The van der Waals surface area contributed by atoms with Crippen LogP contribution in [0, 0.1) is 6.92 Å². The zero-order chi connectivity index (χ0) is 15.9. The molecule has 1 aliphatic rings. The van der Waals surface area contributed by atoms with Crippen molar-refractivity contribution in [2.45, 2.75) is 32.4 Å². The molecule has 6 nitrogen and oxygen atoms in total. The predicted molar refractivity (Wildman–Crippen MR) is 72.5 cm³/mol. The molecule has 0 aliphatic carbocycles. The van der Waals surface area contributed by atoms with Crippen LogP contribution in [-0.2, 0) is 9.59 Å². The number of imide groups is 1. The zero-order valence-electron chi connectivity index (χ0n) is 11.7. The summed E-state index contributed by atoms with van der Waals surface area (Å²) in [6.45, 7) is -1.26. The second kappa shape index (κ2) is 5.36. The summed E-state index contributed by atoms with van der Waals surface area (Å²) in [7, 11) is 0. The molecule has 1 saturated heterocycles. The Balaban J connectivity index is 2.15. The molecule has 0 bridgehead atoms. The minimum atomic E-state index is -3.05. The standard InChI is InChI=1S/C14H13F2N3O3/c1-7-3-2-4-8-11(7)18-14(22-13(15)16)19(8)9-5-6-10(20)17-12(9)21/h2-4,9,13H,5-6H2,1H3,(H,17,20,21). The molecule has 2 aromatic rings. The number of benzene rings is 1. The first-order valence-corrected chi connectivity index (χ1v) is 6.73. The normalized spacial score (nSPS) is 18.8. The maximum absolute atomic E-state index is 12.6. The van der Waals surface area contributed by atoms with Crippen LogP contribution in [0.25, 0.3) is 11.0 Å². The van der Waals surface area contributed by atoms with E-state index < -0.39 is 18.6 Å². The number of halogens is 2. The summed E-state index contributed by atoms with van der Waals surface area (Å²) < 4.78 is 31.0. The number of carbonyl (C=O) groups excluding carboxylic acids is 2. The molecule has 8 heteroatoms. The van der Waals surface area contributed by atoms with Gasteiger partial charge in [-0.05, 0) is 25.0 Å². The number of ether oxygens (including phenoxy) is 1. The first-order chi connectivity index (χ1) is 10.5. The first kappa shape index (κ1) is 14.4. The Labute approximate surface area is 124 Å². The van der Waals surface area contributed by atoms with Gasteiger partial charge in [0.15, 0.2) is 0 Å². The van der Waals surface area contributed by atoms with Crippen LogP contribution < -0.4 is 10.1 Å². The maximum Gasteiger partial charge on any atom is 0.389 e. The van der Waals surface area contributed by atoms with Gasteiger partial charge in [-0.3, -0.25) is 19.5 Å². The van der Waals surface area contributed by atoms with Crippen molar-refractivity contribution in [3.05, 3.63) is 23.8 Å². The van der Waals surface area contributed by atoms with E-state index in [0.717, 1.165) is 5.56 Å². The molecular formula is C14H13F2N3O3. The number of rotatable bonds is 3. The second-order valence-electron chi connectivity index (χ2n) is 5.05. The number of aromatic nitrogens is 2. The van der Waals surface area contributed by atoms with Gasteiger partial charge in [0.1, 0.15) is 6.04 Å². The van der Waals surface area contributed by atoms with Crippen LogP contribution in [0.4, 0.5) is 8.78 Å². The Hall–Kier alpha value is -2.51. The van der Waals surface area contributed by atoms with Gasteiger partial charge in [0.2, 0.25) is 11.8 Å². The average Bonchev–Trinajstić information content (AvgIpc) is 2.78. The van der Waals surface area contributed by atoms with Crippen molar-refractivity contribution in [3.8, 4) is 6.01 Å². The van der Waals surface area contributed by atoms with Gasteiger partial charge in [0.05, 0.1) is 11.0 Å². The van der Waals surface area contributed by atoms with E-state index in [4.69, 9.17) is 0 Å². The largest absolute Gasteiger partial charge is 0.402 e. The van der Waals surface area contributed by atoms with Gasteiger partial charge in [0, 0.05) is 6.42 Å². The first-order valence-electron chi connectivity index (χ1n) is 6.73. The molecule has 0 radical (unpaired) electrons. The predicted octanol–water partition coefficient (Wildman–Crippen LogP) is 1.92. The highest BCUT2D eigenvalue weighted by Crippen LogP contribution is 2.32. The highest BCUT2D eigenvalue weighted by atomic mass is 19.3. The highest BCUT2D eigenvalue weighted by Gasteiger charge is 2.32. The van der Waals surface area contributed by atoms with Crippen molar-refractivity contribution in [3.63, 3.8) is 0 Å². The topological polar surface area (TPSA) is 73.2 Å². The minimum absolute atomic E-state index is 0.135. The summed E-state index contributed by atoms with van der Waals surface area (Å²) in [6.07, 6.45) is 0.347. The third-order valence-corrected chi connectivity index (χ3v) is 3.61. The van der Waals surface area contributed by atoms with Gasteiger partial charge in [0.25, 0.3) is 0 Å². The van der Waals surface area contributed by atoms with Crippen LogP contribution in [0.2, 0.25) is 0 Å². The number of piperidine rings is 1. The Morgan fingerprint density at radius 2 is 2.18 bits per heavy atom. The highest BCUT2D eigenvalue weighted by molar-refractivity contribution is 6.00. The number of hydrogen-bond acceptors (Lipinski definition) is 4. The number of nitrogens with zero attached hydrogens (tertiary/aromatic N) is 2. The summed E-state index contributed by atoms with van der Waals surface area (Å²) in [6, 6.07) is 4.08. The monoisotopic (exact) mass is 309 g/mol. The maximum atomic E-state index is 12.6. The van der Waals surface area contributed by atoms with E-state index in [2.05, 4.69) is 15.0 Å². The number of aryl methyl sites for hydroxylation is 1. The Kier molecular flexibility index (Phi) is 3.51. The number of hydrogen-bond donors (Lipinski definition) is 1. The number of imidazole rings is 1. The summed E-state index contributed by atoms with van der Waals surface area (Å²) in [4.78, 5) is 27.4. The molecule has 0 spiro atoms. The van der Waals surface area contributed by atoms with E-state index in [0.29, 0.717) is 11.0 Å². The van der Waals surface area contributed by atoms with Crippen molar-refractivity contribution in [2.75, 3.05) is 0 Å². The van der Waals surface area contributed by atoms with Crippen molar-refractivity contribution < 1.29 is 23.1 Å². The molecule has 22 heavy (non-hydrogen) atoms. The lowest BCUT2D eigenvalue weighted by Gasteiger charge is -2.23. The van der Waals surface area contributed by atoms with E-state index in [1.54, 1.807) is 25.1 Å². The smallest absolute Gasteiger partial charge is 0.389 e. The molecule has 0 saturated carbocycles. The third-order valence-electron chi connectivity index (χ3n) is 3.61. The fraction of sp³-hybridized carbons (Fsp3) is 0.357. The van der Waals surface area contributed by atoms with Crippen LogP contribution in [0.15, 0.2) is 18.2 Å². The summed E-state index contributed by atoms with van der Waals surface area (Å²) in [5, 5.41) is 2.21. The summed E-state index contributed by atoms with van der Waals surface area (Å²) >= 11 is 0. The number of nitrogens with one attached hydrogen (secondary N) is 1. The molecule has 3 rings (SSSR count). The quantitative estimate of drug-likeness (QED) is 0.879. The number of amides is 2. The number of fused-ring (bicyclic) bond motifs is 1. The molecule has 1 unspecified atom stereocenters. The number of para-hydroxylation sites is 1. The second-order valence-corrected chi connectivity index (χ2v) is 5.05. The minimum Gasteiger partial charge on any atom is -0.402 e. The Morgan fingerprint density at radius 3 is 2.86 bits per heavy atom. The Bertz CT molecular complexity index is 757.